The first-order valence-corrected chi connectivity index (χ1v) is 13.3. The Morgan fingerprint density at radius 2 is 1.89 bits per heavy atom. The largest absolute Gasteiger partial charge is 0.377 e. The third kappa shape index (κ3) is 6.23. The van der Waals surface area contributed by atoms with Gasteiger partial charge in [0.1, 0.15) is 0 Å². The van der Waals surface area contributed by atoms with E-state index in [0.29, 0.717) is 17.9 Å². The van der Waals surface area contributed by atoms with Gasteiger partial charge in [-0.15, -0.1) is 5.10 Å². The van der Waals surface area contributed by atoms with Crippen LogP contribution < -0.4 is 15.4 Å². The third-order valence-corrected chi connectivity index (χ3v) is 7.48. The second-order valence-corrected chi connectivity index (χ2v) is 10.6. The summed E-state index contributed by atoms with van der Waals surface area (Å²) in [5.74, 6) is 0.365. The first-order chi connectivity index (χ1) is 16.8. The molecule has 35 heavy (non-hydrogen) atoms. The number of hydrogen-bond donors (Lipinski definition) is 2. The number of benzene rings is 2. The zero-order valence-corrected chi connectivity index (χ0v) is 20.9. The standard InChI is InChI=1S/C24H32N8O2S/c1-31(2)22-12-6-11-21-20(22)10-7-13-23(21)35(33,34)27-14-15-32-17-19(29-30-32)9-5-3-4-8-18-16-26-24(25)28-18/h6-7,10-13,16-18,27H,3-5,8-9,14-15H2,1-2H3,(H2,25,28). The number of aromatic nitrogens is 3. The molecule has 186 valence electrons. The fraction of sp³-hybridized carbons (Fsp3) is 0.417. The van der Waals surface area contributed by atoms with Crippen molar-refractivity contribution in [3.05, 3.63) is 48.3 Å². The first kappa shape index (κ1) is 24.8. The molecular formula is C24H32N8O2S. The van der Waals surface area contributed by atoms with Crippen molar-refractivity contribution in [3.63, 3.8) is 0 Å². The van der Waals surface area contributed by atoms with Gasteiger partial charge < -0.3 is 10.6 Å². The van der Waals surface area contributed by atoms with E-state index in [1.54, 1.807) is 23.0 Å². The number of aryl methyl sites for hydroxylation is 1. The van der Waals surface area contributed by atoms with Crippen LogP contribution in [0.3, 0.4) is 0 Å². The molecule has 3 N–H and O–H groups in total. The molecule has 0 amide bonds. The van der Waals surface area contributed by atoms with Crippen LogP contribution in [0, 0.1) is 0 Å². The number of nitrogens with one attached hydrogen (secondary N) is 1. The molecule has 2 aromatic carbocycles. The summed E-state index contributed by atoms with van der Waals surface area (Å²) in [5, 5.41) is 9.95. The number of hydrogen-bond acceptors (Lipinski definition) is 8. The normalized spacial score (nSPS) is 15.6. The predicted molar refractivity (Wildman–Crippen MR) is 140 cm³/mol. The van der Waals surface area contributed by atoms with Crippen LogP contribution in [0.25, 0.3) is 10.8 Å². The van der Waals surface area contributed by atoms with E-state index in [2.05, 4.69) is 25.0 Å². The lowest BCUT2D eigenvalue weighted by atomic mass is 10.1. The van der Waals surface area contributed by atoms with Crippen LogP contribution >= 0.6 is 0 Å². The Labute approximate surface area is 206 Å². The lowest BCUT2D eigenvalue weighted by molar-refractivity contribution is 0.553. The van der Waals surface area contributed by atoms with E-state index in [0.717, 1.165) is 48.9 Å². The van der Waals surface area contributed by atoms with Gasteiger partial charge in [-0.1, -0.05) is 42.3 Å². The van der Waals surface area contributed by atoms with E-state index in [1.165, 1.54) is 0 Å². The Hall–Kier alpha value is -3.31. The molecule has 1 aliphatic rings. The van der Waals surface area contributed by atoms with Crippen molar-refractivity contribution >= 4 is 38.7 Å². The highest BCUT2D eigenvalue weighted by molar-refractivity contribution is 7.89. The van der Waals surface area contributed by atoms with Gasteiger partial charge >= 0.3 is 0 Å². The SMILES string of the molecule is CN(C)c1cccc2c(S(=O)(=O)NCCn3cc(CCCCCC4C=NC(N)=N4)nn3)cccc12. The summed E-state index contributed by atoms with van der Waals surface area (Å²) in [6.07, 6.45) is 8.58. The maximum Gasteiger partial charge on any atom is 0.241 e. The molecule has 1 atom stereocenters. The van der Waals surface area contributed by atoms with Gasteiger partial charge in [-0.25, -0.2) is 23.1 Å². The molecule has 10 nitrogen and oxygen atoms in total. The summed E-state index contributed by atoms with van der Waals surface area (Å²) in [5.41, 5.74) is 7.43. The molecule has 4 rings (SSSR count). The summed E-state index contributed by atoms with van der Waals surface area (Å²) in [7, 11) is 0.205. The molecule has 3 aromatic rings. The second-order valence-electron chi connectivity index (χ2n) is 8.83. The molecule has 2 heterocycles. The molecule has 1 unspecified atom stereocenters. The minimum absolute atomic E-state index is 0.114. The molecule has 1 aliphatic heterocycles. The summed E-state index contributed by atoms with van der Waals surface area (Å²) in [6, 6.07) is 11.2. The monoisotopic (exact) mass is 496 g/mol. The van der Waals surface area contributed by atoms with Gasteiger partial charge in [-0.2, -0.15) is 0 Å². The number of unbranched alkanes of at least 4 members (excludes halogenated alkanes) is 2. The Morgan fingerprint density at radius 1 is 1.09 bits per heavy atom. The maximum absolute atomic E-state index is 13.0. The van der Waals surface area contributed by atoms with E-state index in [4.69, 9.17) is 5.73 Å². The highest BCUT2D eigenvalue weighted by atomic mass is 32.2. The number of anilines is 1. The Morgan fingerprint density at radius 3 is 2.66 bits per heavy atom. The second kappa shape index (κ2) is 11.0. The first-order valence-electron chi connectivity index (χ1n) is 11.8. The Balaban J connectivity index is 1.26. The van der Waals surface area contributed by atoms with Crippen LogP contribution in [-0.4, -0.2) is 62.3 Å². The molecule has 0 radical (unpaired) electrons. The van der Waals surface area contributed by atoms with E-state index in [1.807, 2.05) is 49.5 Å². The number of guanidine groups is 1. The minimum Gasteiger partial charge on any atom is -0.377 e. The van der Waals surface area contributed by atoms with Crippen molar-refractivity contribution in [3.8, 4) is 0 Å². The lowest BCUT2D eigenvalue weighted by Crippen LogP contribution is -2.27. The number of aliphatic imine (C=N–C) groups is 2. The number of rotatable bonds is 12. The molecule has 0 spiro atoms. The number of fused-ring (bicyclic) bond motifs is 1. The fourth-order valence-corrected chi connectivity index (χ4v) is 5.44. The summed E-state index contributed by atoms with van der Waals surface area (Å²) in [4.78, 5) is 10.5. The minimum atomic E-state index is -3.68. The summed E-state index contributed by atoms with van der Waals surface area (Å²) < 4.78 is 30.5. The van der Waals surface area contributed by atoms with Crippen molar-refractivity contribution in [2.45, 2.75) is 49.6 Å². The van der Waals surface area contributed by atoms with Crippen molar-refractivity contribution in [2.24, 2.45) is 15.7 Å². The highest BCUT2D eigenvalue weighted by Gasteiger charge is 2.18. The predicted octanol–water partition coefficient (Wildman–Crippen LogP) is 2.35. The molecule has 11 heteroatoms. The van der Waals surface area contributed by atoms with Crippen LogP contribution in [-0.2, 0) is 23.0 Å². The van der Waals surface area contributed by atoms with E-state index in [9.17, 15) is 8.42 Å². The van der Waals surface area contributed by atoms with Crippen LogP contribution in [0.1, 0.15) is 31.4 Å². The van der Waals surface area contributed by atoms with Crippen molar-refractivity contribution in [2.75, 3.05) is 25.5 Å². The molecule has 0 saturated carbocycles. The van der Waals surface area contributed by atoms with Crippen LogP contribution in [0.4, 0.5) is 5.69 Å². The average molecular weight is 497 g/mol. The van der Waals surface area contributed by atoms with Crippen LogP contribution in [0.15, 0.2) is 57.5 Å². The Bertz CT molecular complexity index is 1330. The van der Waals surface area contributed by atoms with Gasteiger partial charge in [0, 0.05) is 49.5 Å². The molecular weight excluding hydrogens is 464 g/mol. The third-order valence-electron chi connectivity index (χ3n) is 5.96. The van der Waals surface area contributed by atoms with Gasteiger partial charge in [-0.3, -0.25) is 4.68 Å². The molecule has 1 aromatic heterocycles. The van der Waals surface area contributed by atoms with Crippen molar-refractivity contribution < 1.29 is 8.42 Å². The van der Waals surface area contributed by atoms with Crippen LogP contribution in [0.5, 0.6) is 0 Å². The Kier molecular flexibility index (Phi) is 7.76. The number of nitrogens with zero attached hydrogens (tertiary/aromatic N) is 6. The van der Waals surface area contributed by atoms with E-state index < -0.39 is 10.0 Å². The van der Waals surface area contributed by atoms with Gasteiger partial charge in [0.15, 0.2) is 0 Å². The topological polar surface area (TPSA) is 131 Å². The quantitative estimate of drug-likeness (QED) is 0.370. The maximum atomic E-state index is 13.0. The van der Waals surface area contributed by atoms with Gasteiger partial charge in [0.05, 0.1) is 23.2 Å². The van der Waals surface area contributed by atoms with Gasteiger partial charge in [0.25, 0.3) is 0 Å². The van der Waals surface area contributed by atoms with Crippen LogP contribution in [0.2, 0.25) is 0 Å². The average Bonchev–Trinajstić information content (AvgIpc) is 3.46. The van der Waals surface area contributed by atoms with Gasteiger partial charge in [0.2, 0.25) is 16.0 Å². The van der Waals surface area contributed by atoms with E-state index in [-0.39, 0.29) is 17.5 Å². The molecule has 0 aliphatic carbocycles. The van der Waals surface area contributed by atoms with Gasteiger partial charge in [-0.05, 0) is 31.4 Å². The molecule has 0 bridgehead atoms. The van der Waals surface area contributed by atoms with E-state index >= 15 is 0 Å². The smallest absolute Gasteiger partial charge is 0.241 e. The molecule has 0 saturated heterocycles. The number of sulfonamides is 1. The lowest BCUT2D eigenvalue weighted by Gasteiger charge is -2.17. The van der Waals surface area contributed by atoms with Crippen molar-refractivity contribution in [1.82, 2.24) is 19.7 Å². The summed E-state index contributed by atoms with van der Waals surface area (Å²) in [6.45, 7) is 0.627. The summed E-state index contributed by atoms with van der Waals surface area (Å²) >= 11 is 0. The zero-order chi connectivity index (χ0) is 24.8. The molecule has 0 fully saturated rings. The number of nitrogens with two attached hydrogens (primary N) is 1. The zero-order valence-electron chi connectivity index (χ0n) is 20.1. The fourth-order valence-electron chi connectivity index (χ4n) is 4.20. The van der Waals surface area contributed by atoms with Crippen molar-refractivity contribution in [1.29, 1.82) is 0 Å². The highest BCUT2D eigenvalue weighted by Crippen LogP contribution is 2.30.